The summed E-state index contributed by atoms with van der Waals surface area (Å²) in [7, 11) is 0. The van der Waals surface area contributed by atoms with Crippen molar-refractivity contribution >= 4 is 11.8 Å². The largest absolute Gasteiger partial charge is 0.352 e. The van der Waals surface area contributed by atoms with E-state index in [-0.39, 0.29) is 36.6 Å². The first-order valence-electron chi connectivity index (χ1n) is 13.3. The molecule has 0 bridgehead atoms. The molecule has 1 atom stereocenters. The second kappa shape index (κ2) is 12.7. The van der Waals surface area contributed by atoms with Crippen molar-refractivity contribution in [3.63, 3.8) is 0 Å². The van der Waals surface area contributed by atoms with Crippen molar-refractivity contribution in [2.45, 2.75) is 77.4 Å². The summed E-state index contributed by atoms with van der Waals surface area (Å²) in [5.41, 5.74) is 4.43. The third kappa shape index (κ3) is 7.51. The Hall–Kier alpha value is -3.47. The van der Waals surface area contributed by atoms with Crippen molar-refractivity contribution in [1.82, 2.24) is 10.2 Å². The molecule has 3 aromatic rings. The summed E-state index contributed by atoms with van der Waals surface area (Å²) in [6.45, 7) is 4.05. The van der Waals surface area contributed by atoms with Gasteiger partial charge in [0.15, 0.2) is 0 Å². The molecule has 1 fully saturated rings. The minimum Gasteiger partial charge on any atom is -0.352 e. The normalized spacial score (nSPS) is 14.7. The van der Waals surface area contributed by atoms with Crippen LogP contribution in [0.4, 0.5) is 4.39 Å². The first kappa shape index (κ1) is 26.6. The zero-order chi connectivity index (χ0) is 26.2. The molecule has 3 aromatic carbocycles. The lowest BCUT2D eigenvalue weighted by Gasteiger charge is -2.33. The van der Waals surface area contributed by atoms with Crippen LogP contribution in [0, 0.1) is 19.7 Å². The van der Waals surface area contributed by atoms with E-state index in [9.17, 15) is 14.0 Å². The number of benzene rings is 3. The van der Waals surface area contributed by atoms with E-state index < -0.39 is 6.04 Å². The Balaban J connectivity index is 1.68. The maximum absolute atomic E-state index is 14.8. The van der Waals surface area contributed by atoms with E-state index in [4.69, 9.17) is 0 Å². The third-order valence-corrected chi connectivity index (χ3v) is 7.16. The van der Waals surface area contributed by atoms with Gasteiger partial charge in [0.2, 0.25) is 11.8 Å². The molecule has 1 aliphatic carbocycles. The van der Waals surface area contributed by atoms with Crippen LogP contribution in [0.5, 0.6) is 0 Å². The van der Waals surface area contributed by atoms with Crippen LogP contribution in [0.2, 0.25) is 0 Å². The molecule has 1 saturated carbocycles. The van der Waals surface area contributed by atoms with Gasteiger partial charge in [-0.1, -0.05) is 97.1 Å². The molecule has 0 heterocycles. The predicted octanol–water partition coefficient (Wildman–Crippen LogP) is 6.07. The Kier molecular flexibility index (Phi) is 9.10. The van der Waals surface area contributed by atoms with E-state index in [1.54, 1.807) is 23.1 Å². The number of aryl methyl sites for hydroxylation is 2. The predicted molar refractivity (Wildman–Crippen MR) is 146 cm³/mol. The van der Waals surface area contributed by atoms with Gasteiger partial charge in [-0.05, 0) is 43.9 Å². The quantitative estimate of drug-likeness (QED) is 0.387. The average Bonchev–Trinajstić information content (AvgIpc) is 2.87. The van der Waals surface area contributed by atoms with Crippen LogP contribution in [-0.4, -0.2) is 28.8 Å². The number of hydrogen-bond donors (Lipinski definition) is 1. The second-order valence-corrected chi connectivity index (χ2v) is 10.3. The summed E-state index contributed by atoms with van der Waals surface area (Å²) in [5, 5.41) is 3.23. The molecular formula is C32H37FN2O2. The number of amides is 2. The molecule has 37 heavy (non-hydrogen) atoms. The van der Waals surface area contributed by atoms with Crippen LogP contribution in [0.25, 0.3) is 0 Å². The van der Waals surface area contributed by atoms with E-state index in [0.29, 0.717) is 12.0 Å². The van der Waals surface area contributed by atoms with E-state index in [2.05, 4.69) is 11.4 Å². The molecule has 0 unspecified atom stereocenters. The molecule has 0 aliphatic heterocycles. The number of rotatable bonds is 9. The van der Waals surface area contributed by atoms with Gasteiger partial charge in [-0.2, -0.15) is 0 Å². The van der Waals surface area contributed by atoms with Crippen molar-refractivity contribution in [2.24, 2.45) is 0 Å². The van der Waals surface area contributed by atoms with Crippen molar-refractivity contribution in [1.29, 1.82) is 0 Å². The molecule has 0 aromatic heterocycles. The number of hydrogen-bond acceptors (Lipinski definition) is 2. The lowest BCUT2D eigenvalue weighted by Crippen LogP contribution is -2.53. The highest BCUT2D eigenvalue weighted by Gasteiger charge is 2.32. The Morgan fingerprint density at radius 2 is 1.54 bits per heavy atom. The van der Waals surface area contributed by atoms with Crippen molar-refractivity contribution in [2.75, 3.05) is 0 Å². The second-order valence-electron chi connectivity index (χ2n) is 10.3. The highest BCUT2D eigenvalue weighted by molar-refractivity contribution is 5.89. The molecule has 194 valence electrons. The van der Waals surface area contributed by atoms with Gasteiger partial charge < -0.3 is 10.2 Å². The molecule has 4 nitrogen and oxygen atoms in total. The maximum atomic E-state index is 14.8. The molecule has 1 aliphatic rings. The highest BCUT2D eigenvalue weighted by atomic mass is 19.1. The first-order chi connectivity index (χ1) is 17.9. The highest BCUT2D eigenvalue weighted by Crippen LogP contribution is 2.21. The first-order valence-corrected chi connectivity index (χ1v) is 13.3. The van der Waals surface area contributed by atoms with Gasteiger partial charge in [0.1, 0.15) is 11.9 Å². The summed E-state index contributed by atoms with van der Waals surface area (Å²) in [4.78, 5) is 29.3. The van der Waals surface area contributed by atoms with Crippen LogP contribution in [0.1, 0.15) is 59.9 Å². The molecule has 0 spiro atoms. The van der Waals surface area contributed by atoms with Crippen LogP contribution in [-0.2, 0) is 29.0 Å². The SMILES string of the molecule is Cc1cc(C)cc(CC(=O)N(Cc2ccccc2F)[C@H](Cc2ccccc2)C(=O)NC2CCCCC2)c1. The van der Waals surface area contributed by atoms with E-state index in [0.717, 1.165) is 47.9 Å². The van der Waals surface area contributed by atoms with E-state index >= 15 is 0 Å². The monoisotopic (exact) mass is 500 g/mol. The lowest BCUT2D eigenvalue weighted by molar-refractivity contribution is -0.141. The molecule has 2 amide bonds. The maximum Gasteiger partial charge on any atom is 0.243 e. The van der Waals surface area contributed by atoms with Gasteiger partial charge in [0, 0.05) is 24.6 Å². The average molecular weight is 501 g/mol. The van der Waals surface area contributed by atoms with Crippen LogP contribution in [0.3, 0.4) is 0 Å². The van der Waals surface area contributed by atoms with Crippen molar-refractivity contribution < 1.29 is 14.0 Å². The Morgan fingerprint density at radius 1 is 0.892 bits per heavy atom. The minimum atomic E-state index is -0.748. The van der Waals surface area contributed by atoms with Crippen LogP contribution in [0.15, 0.2) is 72.8 Å². The molecule has 0 radical (unpaired) electrons. The van der Waals surface area contributed by atoms with E-state index in [1.807, 2.05) is 56.3 Å². The van der Waals surface area contributed by atoms with E-state index in [1.165, 1.54) is 12.5 Å². The van der Waals surface area contributed by atoms with Crippen molar-refractivity contribution in [3.8, 4) is 0 Å². The molecule has 4 rings (SSSR count). The molecule has 1 N–H and O–H groups in total. The molecule has 5 heteroatoms. The lowest BCUT2D eigenvalue weighted by atomic mass is 9.94. The minimum absolute atomic E-state index is 0.0336. The van der Waals surface area contributed by atoms with Gasteiger partial charge in [-0.25, -0.2) is 4.39 Å². The van der Waals surface area contributed by atoms with Gasteiger partial charge >= 0.3 is 0 Å². The van der Waals surface area contributed by atoms with Crippen LogP contribution < -0.4 is 5.32 Å². The van der Waals surface area contributed by atoms with Gasteiger partial charge in [-0.15, -0.1) is 0 Å². The van der Waals surface area contributed by atoms with Crippen LogP contribution >= 0.6 is 0 Å². The summed E-state index contributed by atoms with van der Waals surface area (Å²) >= 11 is 0. The number of nitrogens with zero attached hydrogens (tertiary/aromatic N) is 1. The van der Waals surface area contributed by atoms with Gasteiger partial charge in [0.25, 0.3) is 0 Å². The summed E-state index contributed by atoms with van der Waals surface area (Å²) in [5.74, 6) is -0.730. The summed E-state index contributed by atoms with van der Waals surface area (Å²) < 4.78 is 14.8. The molecule has 0 saturated heterocycles. The fourth-order valence-electron chi connectivity index (χ4n) is 5.36. The fourth-order valence-corrected chi connectivity index (χ4v) is 5.36. The zero-order valence-corrected chi connectivity index (χ0v) is 21.9. The number of carbonyl (C=O) groups excluding carboxylic acids is 2. The van der Waals surface area contributed by atoms with Crippen molar-refractivity contribution in [3.05, 3.63) is 106 Å². The topological polar surface area (TPSA) is 49.4 Å². The number of halogens is 1. The number of nitrogens with one attached hydrogen (secondary N) is 1. The fraction of sp³-hybridized carbons (Fsp3) is 0.375. The van der Waals surface area contributed by atoms with Gasteiger partial charge in [-0.3, -0.25) is 9.59 Å². The standard InChI is InChI=1S/C32H37FN2O2/c1-23-17-24(2)19-26(18-23)21-31(36)35(22-27-13-9-10-16-29(27)33)30(20-25-11-5-3-6-12-25)32(37)34-28-14-7-4-8-15-28/h3,5-6,9-13,16-19,28,30H,4,7-8,14-15,20-22H2,1-2H3,(H,34,37)/t30-/m1/s1. The Labute approximate surface area is 219 Å². The Morgan fingerprint density at radius 3 is 2.22 bits per heavy atom. The number of carbonyl (C=O) groups is 2. The zero-order valence-electron chi connectivity index (χ0n) is 21.9. The smallest absolute Gasteiger partial charge is 0.243 e. The molecular weight excluding hydrogens is 463 g/mol. The summed E-state index contributed by atoms with van der Waals surface area (Å²) in [6.07, 6.45) is 5.80. The summed E-state index contributed by atoms with van der Waals surface area (Å²) in [6, 6.07) is 21.7. The Bertz CT molecular complexity index is 1180. The van der Waals surface area contributed by atoms with Gasteiger partial charge in [0.05, 0.1) is 6.42 Å². The third-order valence-electron chi connectivity index (χ3n) is 7.16.